The number of benzene rings is 1. The molecule has 3 rings (SSSR count). The number of hydrogen-bond acceptors (Lipinski definition) is 7. The van der Waals surface area contributed by atoms with Gasteiger partial charge in [0.2, 0.25) is 6.79 Å². The molecule has 1 aromatic rings. The van der Waals surface area contributed by atoms with E-state index in [1.54, 1.807) is 12.1 Å². The third-order valence-corrected chi connectivity index (χ3v) is 6.38. The molecular weight excluding hydrogens is 398 g/mol. The van der Waals surface area contributed by atoms with Gasteiger partial charge in [0.05, 0.1) is 16.5 Å². The minimum Gasteiger partial charge on any atom is -0.454 e. The number of amides is 1. The first-order chi connectivity index (χ1) is 12.7. The molecule has 10 heteroatoms. The van der Waals surface area contributed by atoms with Crippen molar-refractivity contribution >= 4 is 39.4 Å². The van der Waals surface area contributed by atoms with Crippen molar-refractivity contribution in [1.82, 2.24) is 4.90 Å². The standard InChI is InChI=1S/C17H18ClNO7S/c1-19(12-4-5-27(22,23)9-12)15(20)8-24-16(21)3-2-11-6-13(18)17-14(7-11)25-10-26-17/h2-3,6-7,12H,4-5,8-10H2,1H3/b3-2+/t12-/m1/s1. The molecule has 0 aromatic heterocycles. The summed E-state index contributed by atoms with van der Waals surface area (Å²) < 4.78 is 38.4. The lowest BCUT2D eigenvalue weighted by Crippen LogP contribution is -2.40. The molecule has 1 atom stereocenters. The predicted octanol–water partition coefficient (Wildman–Crippen LogP) is 1.27. The lowest BCUT2D eigenvalue weighted by Gasteiger charge is -2.22. The highest BCUT2D eigenvalue weighted by atomic mass is 35.5. The number of fused-ring (bicyclic) bond motifs is 1. The van der Waals surface area contributed by atoms with E-state index in [0.29, 0.717) is 28.5 Å². The number of halogens is 1. The Labute approximate surface area is 161 Å². The summed E-state index contributed by atoms with van der Waals surface area (Å²) in [7, 11) is -1.59. The van der Waals surface area contributed by atoms with Crippen LogP contribution in [0.1, 0.15) is 12.0 Å². The van der Waals surface area contributed by atoms with Gasteiger partial charge in [-0.25, -0.2) is 13.2 Å². The molecule has 1 aromatic carbocycles. The fourth-order valence-corrected chi connectivity index (χ4v) is 4.86. The highest BCUT2D eigenvalue weighted by Gasteiger charge is 2.32. The summed E-state index contributed by atoms with van der Waals surface area (Å²) in [6, 6.07) is 2.89. The van der Waals surface area contributed by atoms with Crippen LogP contribution in [0.2, 0.25) is 5.02 Å². The van der Waals surface area contributed by atoms with Crippen molar-refractivity contribution in [1.29, 1.82) is 0 Å². The lowest BCUT2D eigenvalue weighted by atomic mass is 10.2. The van der Waals surface area contributed by atoms with Crippen LogP contribution in [0.5, 0.6) is 11.5 Å². The summed E-state index contributed by atoms with van der Waals surface area (Å²) in [4.78, 5) is 25.2. The van der Waals surface area contributed by atoms with Crippen molar-refractivity contribution in [2.24, 2.45) is 0 Å². The molecule has 1 amide bonds. The van der Waals surface area contributed by atoms with Gasteiger partial charge in [-0.2, -0.15) is 0 Å². The largest absolute Gasteiger partial charge is 0.454 e. The van der Waals surface area contributed by atoms with Crippen molar-refractivity contribution in [2.45, 2.75) is 12.5 Å². The maximum Gasteiger partial charge on any atom is 0.331 e. The van der Waals surface area contributed by atoms with Gasteiger partial charge in [0.25, 0.3) is 5.91 Å². The van der Waals surface area contributed by atoms with Crippen LogP contribution in [-0.2, 0) is 24.2 Å². The van der Waals surface area contributed by atoms with Crippen LogP contribution in [0.4, 0.5) is 0 Å². The summed E-state index contributed by atoms with van der Waals surface area (Å²) in [5, 5.41) is 0.362. The zero-order valence-corrected chi connectivity index (χ0v) is 16.1. The molecule has 0 saturated carbocycles. The van der Waals surface area contributed by atoms with Gasteiger partial charge in [-0.15, -0.1) is 0 Å². The first kappa shape index (κ1) is 19.5. The number of nitrogens with zero attached hydrogens (tertiary/aromatic N) is 1. The molecule has 0 spiro atoms. The number of rotatable bonds is 5. The molecule has 0 radical (unpaired) electrons. The molecule has 2 aliphatic rings. The molecule has 8 nitrogen and oxygen atoms in total. The van der Waals surface area contributed by atoms with Gasteiger partial charge in [-0.3, -0.25) is 4.79 Å². The number of carbonyl (C=O) groups excluding carboxylic acids is 2. The Balaban J connectivity index is 1.51. The molecule has 0 bridgehead atoms. The van der Waals surface area contributed by atoms with Crippen molar-refractivity contribution in [3.8, 4) is 11.5 Å². The van der Waals surface area contributed by atoms with Crippen LogP contribution in [0.3, 0.4) is 0 Å². The molecule has 1 saturated heterocycles. The molecule has 27 heavy (non-hydrogen) atoms. The smallest absolute Gasteiger partial charge is 0.331 e. The van der Waals surface area contributed by atoms with Gasteiger partial charge in [-0.05, 0) is 30.2 Å². The topological polar surface area (TPSA) is 99.2 Å². The van der Waals surface area contributed by atoms with Crippen molar-refractivity contribution in [3.63, 3.8) is 0 Å². The highest BCUT2D eigenvalue weighted by molar-refractivity contribution is 7.91. The number of sulfone groups is 1. The van der Waals surface area contributed by atoms with Gasteiger partial charge in [0.1, 0.15) is 0 Å². The Hall–Kier alpha value is -2.26. The number of hydrogen-bond donors (Lipinski definition) is 0. The highest BCUT2D eigenvalue weighted by Crippen LogP contribution is 2.40. The average Bonchev–Trinajstić information content (AvgIpc) is 3.23. The monoisotopic (exact) mass is 415 g/mol. The summed E-state index contributed by atoms with van der Waals surface area (Å²) >= 11 is 6.06. The fraction of sp³-hybridized carbons (Fsp3) is 0.412. The van der Waals surface area contributed by atoms with Gasteiger partial charge >= 0.3 is 5.97 Å². The number of esters is 1. The molecule has 0 aliphatic carbocycles. The van der Waals surface area contributed by atoms with E-state index in [-0.39, 0.29) is 24.3 Å². The van der Waals surface area contributed by atoms with Crippen LogP contribution in [0, 0.1) is 0 Å². The zero-order valence-electron chi connectivity index (χ0n) is 14.5. The van der Waals surface area contributed by atoms with Gasteiger partial charge in [0, 0.05) is 19.2 Å². The van der Waals surface area contributed by atoms with E-state index in [1.165, 1.54) is 24.1 Å². The number of likely N-dealkylation sites (N-methyl/N-ethyl adjacent to an activating group) is 1. The van der Waals surface area contributed by atoms with E-state index in [2.05, 4.69) is 0 Å². The molecule has 1 fully saturated rings. The second-order valence-corrected chi connectivity index (χ2v) is 8.87. The van der Waals surface area contributed by atoms with Crippen molar-refractivity contribution in [3.05, 3.63) is 28.8 Å². The van der Waals surface area contributed by atoms with Crippen molar-refractivity contribution in [2.75, 3.05) is 32.0 Å². The van der Waals surface area contributed by atoms with E-state index >= 15 is 0 Å². The first-order valence-electron chi connectivity index (χ1n) is 8.15. The molecule has 2 heterocycles. The molecule has 146 valence electrons. The van der Waals surface area contributed by atoms with Crippen LogP contribution in [-0.4, -0.2) is 63.2 Å². The molecular formula is C17H18ClNO7S. The summed E-state index contributed by atoms with van der Waals surface area (Å²) in [6.07, 6.45) is 3.04. The van der Waals surface area contributed by atoms with Crippen molar-refractivity contribution < 1.29 is 32.2 Å². The Bertz CT molecular complexity index is 897. The minimum atomic E-state index is -3.10. The Morgan fingerprint density at radius 1 is 1.37 bits per heavy atom. The average molecular weight is 416 g/mol. The number of ether oxygens (including phenoxy) is 3. The Kier molecular flexibility index (Phi) is 5.61. The van der Waals surface area contributed by atoms with Gasteiger partial charge in [-0.1, -0.05) is 11.6 Å². The fourth-order valence-electron chi connectivity index (χ4n) is 2.82. The second kappa shape index (κ2) is 7.77. The Morgan fingerprint density at radius 3 is 2.85 bits per heavy atom. The Morgan fingerprint density at radius 2 is 2.15 bits per heavy atom. The quantitative estimate of drug-likeness (QED) is 0.527. The minimum absolute atomic E-state index is 0.0615. The van der Waals surface area contributed by atoms with Gasteiger partial charge in [0.15, 0.2) is 27.9 Å². The van der Waals surface area contributed by atoms with E-state index in [1.807, 2.05) is 0 Å². The normalized spacial score (nSPS) is 20.0. The third kappa shape index (κ3) is 4.72. The molecule has 0 N–H and O–H groups in total. The SMILES string of the molecule is CN(C(=O)COC(=O)/C=C/c1cc(Cl)c2c(c1)OCO2)[C@@H]1CCS(=O)(=O)C1. The van der Waals surface area contributed by atoms with Crippen LogP contribution in [0.15, 0.2) is 18.2 Å². The zero-order chi connectivity index (χ0) is 19.6. The maximum atomic E-state index is 12.1. The summed E-state index contributed by atoms with van der Waals surface area (Å²) in [5.74, 6) is -0.212. The van der Waals surface area contributed by atoms with E-state index in [9.17, 15) is 18.0 Å². The predicted molar refractivity (Wildman–Crippen MR) is 97.4 cm³/mol. The third-order valence-electron chi connectivity index (χ3n) is 4.35. The molecule has 2 aliphatic heterocycles. The maximum absolute atomic E-state index is 12.1. The van der Waals surface area contributed by atoms with Crippen LogP contribution in [0.25, 0.3) is 6.08 Å². The van der Waals surface area contributed by atoms with Crippen LogP contribution < -0.4 is 9.47 Å². The van der Waals surface area contributed by atoms with Crippen LogP contribution >= 0.6 is 11.6 Å². The summed E-state index contributed by atoms with van der Waals surface area (Å²) in [5.41, 5.74) is 0.612. The lowest BCUT2D eigenvalue weighted by molar-refractivity contribution is -0.148. The summed E-state index contributed by atoms with van der Waals surface area (Å²) in [6.45, 7) is -0.375. The number of carbonyl (C=O) groups is 2. The van der Waals surface area contributed by atoms with E-state index in [4.69, 9.17) is 25.8 Å². The van der Waals surface area contributed by atoms with Gasteiger partial charge < -0.3 is 19.1 Å². The second-order valence-electron chi connectivity index (χ2n) is 6.24. The molecule has 0 unspecified atom stereocenters. The van der Waals surface area contributed by atoms with E-state index in [0.717, 1.165) is 0 Å². The van der Waals surface area contributed by atoms with E-state index < -0.39 is 28.3 Å². The first-order valence-corrected chi connectivity index (χ1v) is 10.4.